The largest absolute Gasteiger partial charge is 0.390 e. The molecule has 0 fully saturated rings. The Kier molecular flexibility index (Phi) is 3.50. The van der Waals surface area contributed by atoms with Gasteiger partial charge in [-0.2, -0.15) is 8.42 Å². The number of nitrogens with zero attached hydrogens (tertiary/aromatic N) is 3. The van der Waals surface area contributed by atoms with Crippen molar-refractivity contribution >= 4 is 15.8 Å². The van der Waals surface area contributed by atoms with Gasteiger partial charge in [0.1, 0.15) is 18.9 Å². The summed E-state index contributed by atoms with van der Waals surface area (Å²) in [7, 11) is -4.38. The minimum absolute atomic E-state index is 0.131. The molecule has 0 amide bonds. The van der Waals surface area contributed by atoms with Crippen molar-refractivity contribution in [2.75, 3.05) is 13.2 Å². The van der Waals surface area contributed by atoms with E-state index in [-0.39, 0.29) is 28.3 Å². The van der Waals surface area contributed by atoms with E-state index in [0.29, 0.717) is 0 Å². The second kappa shape index (κ2) is 4.82. The summed E-state index contributed by atoms with van der Waals surface area (Å²) in [5, 5.41) is 16.8. The van der Waals surface area contributed by atoms with Crippen LogP contribution in [0.15, 0.2) is 45.8 Å². The Labute approximate surface area is 110 Å². The molecule has 1 aromatic rings. The Hall–Kier alpha value is -1.61. The first-order valence-corrected chi connectivity index (χ1v) is 7.00. The van der Waals surface area contributed by atoms with Crippen LogP contribution in [0.2, 0.25) is 0 Å². The fourth-order valence-corrected chi connectivity index (χ4v) is 2.68. The molecule has 8 heteroatoms. The van der Waals surface area contributed by atoms with Gasteiger partial charge in [0.05, 0.1) is 6.61 Å². The molecule has 0 aromatic heterocycles. The van der Waals surface area contributed by atoms with Crippen LogP contribution in [0.5, 0.6) is 0 Å². The molecular formula is C11H14N3O4S+. The first-order valence-electron chi connectivity index (χ1n) is 5.56. The molecule has 2 N–H and O–H groups in total. The number of aliphatic hydroxyl groups excluding tert-OH is 1. The van der Waals surface area contributed by atoms with Crippen LogP contribution < -0.4 is 4.59 Å². The molecule has 1 aliphatic rings. The highest BCUT2D eigenvalue weighted by atomic mass is 32.2. The lowest BCUT2D eigenvalue weighted by molar-refractivity contribution is 0.237. The molecule has 19 heavy (non-hydrogen) atoms. The SMILES string of the molecule is Cc1ccc(S(=O)(=O)O)c([N+]2(CCO)C=CN=N2)c1. The minimum atomic E-state index is -4.38. The second-order valence-electron chi connectivity index (χ2n) is 4.22. The maximum absolute atomic E-state index is 11.5. The van der Waals surface area contributed by atoms with Gasteiger partial charge >= 0.3 is 10.1 Å². The van der Waals surface area contributed by atoms with E-state index in [1.165, 1.54) is 12.3 Å². The monoisotopic (exact) mass is 284 g/mol. The standard InChI is InChI=1S/C11H13N3O4S/c1-9-2-3-11(19(16,17)18)10(8-9)14(6-7-15)5-4-12-13-14/h2-5,8,15H,6-7H2,1H3/p+1. The fraction of sp³-hybridized carbons (Fsp3) is 0.273. The molecule has 0 radical (unpaired) electrons. The molecule has 2 rings (SSSR count). The molecule has 1 heterocycles. The quantitative estimate of drug-likeness (QED) is 0.644. The van der Waals surface area contributed by atoms with Crippen molar-refractivity contribution in [3.8, 4) is 0 Å². The zero-order chi connectivity index (χ0) is 14.1. The molecule has 0 bridgehead atoms. The van der Waals surface area contributed by atoms with Crippen molar-refractivity contribution in [1.82, 2.24) is 4.59 Å². The Bertz CT molecular complexity index is 640. The van der Waals surface area contributed by atoms with E-state index in [9.17, 15) is 13.0 Å². The summed E-state index contributed by atoms with van der Waals surface area (Å²) in [4.78, 5) is -0.239. The molecular weight excluding hydrogens is 270 g/mol. The molecule has 1 aliphatic heterocycles. The van der Waals surface area contributed by atoms with Crippen molar-refractivity contribution in [2.45, 2.75) is 11.8 Å². The normalized spacial score (nSPS) is 22.1. The Morgan fingerprint density at radius 1 is 1.37 bits per heavy atom. The summed E-state index contributed by atoms with van der Waals surface area (Å²) in [5.74, 6) is 0. The van der Waals surface area contributed by atoms with E-state index in [0.717, 1.165) is 5.56 Å². The summed E-state index contributed by atoms with van der Waals surface area (Å²) >= 11 is 0. The zero-order valence-electron chi connectivity index (χ0n) is 10.3. The summed E-state index contributed by atoms with van der Waals surface area (Å²) in [6, 6.07) is 4.51. The number of quaternary nitrogens is 1. The number of rotatable bonds is 4. The Morgan fingerprint density at radius 2 is 2.11 bits per heavy atom. The number of aryl methyl sites for hydroxylation is 1. The van der Waals surface area contributed by atoms with E-state index >= 15 is 0 Å². The second-order valence-corrected chi connectivity index (χ2v) is 5.61. The smallest absolute Gasteiger partial charge is 0.300 e. The van der Waals surface area contributed by atoms with Gasteiger partial charge in [-0.25, -0.2) is 0 Å². The lowest BCUT2D eigenvalue weighted by Gasteiger charge is -2.24. The summed E-state index contributed by atoms with van der Waals surface area (Å²) in [5.41, 5.74) is 1.07. The molecule has 0 spiro atoms. The third kappa shape index (κ3) is 2.56. The van der Waals surface area contributed by atoms with Gasteiger partial charge in [0.2, 0.25) is 0 Å². The van der Waals surface area contributed by atoms with Gasteiger partial charge in [0.15, 0.2) is 10.6 Å². The molecule has 1 unspecified atom stereocenters. The van der Waals surface area contributed by atoms with Gasteiger partial charge < -0.3 is 5.11 Å². The van der Waals surface area contributed by atoms with E-state index in [4.69, 9.17) is 5.11 Å². The lowest BCUT2D eigenvalue weighted by Crippen LogP contribution is -2.40. The number of hydrogen-bond acceptors (Lipinski definition) is 5. The fourth-order valence-electron chi connectivity index (χ4n) is 1.96. The number of benzene rings is 1. The predicted octanol–water partition coefficient (Wildman–Crippen LogP) is 1.39. The first-order chi connectivity index (χ1) is 8.89. The van der Waals surface area contributed by atoms with Gasteiger partial charge in [-0.3, -0.25) is 4.55 Å². The van der Waals surface area contributed by atoms with Gasteiger partial charge in [0, 0.05) is 11.3 Å². The van der Waals surface area contributed by atoms with E-state index in [1.807, 2.05) is 0 Å². The molecule has 1 aromatic carbocycles. The summed E-state index contributed by atoms with van der Waals surface area (Å²) in [6.45, 7) is 1.72. The average Bonchev–Trinajstić information content (AvgIpc) is 2.77. The van der Waals surface area contributed by atoms with Crippen molar-refractivity contribution < 1.29 is 18.1 Å². The van der Waals surface area contributed by atoms with Crippen molar-refractivity contribution in [3.63, 3.8) is 0 Å². The van der Waals surface area contributed by atoms with Crippen LogP contribution in [0.3, 0.4) is 0 Å². The van der Waals surface area contributed by atoms with Crippen molar-refractivity contribution in [2.24, 2.45) is 10.3 Å². The van der Waals surface area contributed by atoms with Crippen LogP contribution in [-0.4, -0.2) is 31.2 Å². The average molecular weight is 284 g/mol. The van der Waals surface area contributed by atoms with E-state index in [1.54, 1.807) is 25.3 Å². The molecule has 7 nitrogen and oxygen atoms in total. The van der Waals surface area contributed by atoms with Crippen LogP contribution in [-0.2, 0) is 10.1 Å². The minimum Gasteiger partial charge on any atom is -0.390 e. The van der Waals surface area contributed by atoms with Gasteiger partial charge in [-0.1, -0.05) is 6.07 Å². The van der Waals surface area contributed by atoms with E-state index in [2.05, 4.69) is 10.3 Å². The molecule has 0 saturated heterocycles. The number of aliphatic hydroxyl groups is 1. The summed E-state index contributed by atoms with van der Waals surface area (Å²) in [6.07, 6.45) is 2.98. The highest BCUT2D eigenvalue weighted by molar-refractivity contribution is 7.86. The maximum atomic E-state index is 11.5. The molecule has 0 saturated carbocycles. The lowest BCUT2D eigenvalue weighted by atomic mass is 10.2. The molecule has 0 aliphatic carbocycles. The van der Waals surface area contributed by atoms with Crippen molar-refractivity contribution in [3.05, 3.63) is 36.2 Å². The third-order valence-electron chi connectivity index (χ3n) is 2.84. The Morgan fingerprint density at radius 3 is 2.63 bits per heavy atom. The van der Waals surface area contributed by atoms with Crippen LogP contribution in [0.4, 0.5) is 5.69 Å². The molecule has 1 atom stereocenters. The molecule has 102 valence electrons. The van der Waals surface area contributed by atoms with Crippen LogP contribution in [0, 0.1) is 6.92 Å². The predicted molar refractivity (Wildman–Crippen MR) is 68.7 cm³/mol. The van der Waals surface area contributed by atoms with Crippen molar-refractivity contribution in [1.29, 1.82) is 0 Å². The van der Waals surface area contributed by atoms with Gasteiger partial charge in [0.25, 0.3) is 0 Å². The maximum Gasteiger partial charge on any atom is 0.300 e. The summed E-state index contributed by atoms with van der Waals surface area (Å²) < 4.78 is 31.9. The highest BCUT2D eigenvalue weighted by Gasteiger charge is 2.37. The zero-order valence-corrected chi connectivity index (χ0v) is 11.1. The topological polar surface area (TPSA) is 99.3 Å². The van der Waals surface area contributed by atoms with E-state index < -0.39 is 10.1 Å². The van der Waals surface area contributed by atoms with Gasteiger partial charge in [-0.15, -0.1) is 9.71 Å². The van der Waals surface area contributed by atoms with Gasteiger partial charge in [-0.05, 0) is 18.6 Å². The first kappa shape index (κ1) is 13.8. The van der Waals surface area contributed by atoms with Crippen LogP contribution in [0.25, 0.3) is 0 Å². The van der Waals surface area contributed by atoms with Crippen LogP contribution in [0.1, 0.15) is 5.56 Å². The Balaban J connectivity index is 2.70. The van der Waals surface area contributed by atoms with Crippen LogP contribution >= 0.6 is 0 Å². The number of hydrogen-bond donors (Lipinski definition) is 2. The highest BCUT2D eigenvalue weighted by Crippen LogP contribution is 2.35. The third-order valence-corrected chi connectivity index (χ3v) is 3.74.